The Morgan fingerprint density at radius 2 is 1.69 bits per heavy atom. The van der Waals surface area contributed by atoms with Crippen molar-refractivity contribution in [1.29, 1.82) is 0 Å². The van der Waals surface area contributed by atoms with Crippen LogP contribution in [0.15, 0.2) is 42.6 Å². The van der Waals surface area contributed by atoms with Crippen molar-refractivity contribution in [2.24, 2.45) is 0 Å². The monoisotopic (exact) mass is 390 g/mol. The van der Waals surface area contributed by atoms with Crippen molar-refractivity contribution in [2.75, 3.05) is 23.8 Å². The van der Waals surface area contributed by atoms with Crippen molar-refractivity contribution in [3.05, 3.63) is 65.0 Å². The zero-order chi connectivity index (χ0) is 20.4. The molecule has 7 nitrogen and oxygen atoms in total. The second-order valence-electron chi connectivity index (χ2n) is 6.98. The van der Waals surface area contributed by atoms with Gasteiger partial charge in [0.15, 0.2) is 11.5 Å². The quantitative estimate of drug-likeness (QED) is 0.695. The molecule has 2 N–H and O–H groups in total. The number of nitrogens with zero attached hydrogens (tertiary/aromatic N) is 2. The molecule has 1 aromatic heterocycles. The summed E-state index contributed by atoms with van der Waals surface area (Å²) >= 11 is 0. The highest BCUT2D eigenvalue weighted by atomic mass is 16.6. The third-order valence-corrected chi connectivity index (χ3v) is 4.60. The second kappa shape index (κ2) is 7.79. The number of rotatable bonds is 4. The number of carbonyl (C=O) groups is 1. The van der Waals surface area contributed by atoms with Gasteiger partial charge < -0.3 is 20.1 Å². The first kappa shape index (κ1) is 18.7. The molecule has 0 saturated carbocycles. The Kier molecular flexibility index (Phi) is 5.03. The van der Waals surface area contributed by atoms with Crippen LogP contribution in [0.5, 0.6) is 11.5 Å². The van der Waals surface area contributed by atoms with E-state index in [9.17, 15) is 4.79 Å². The zero-order valence-electron chi connectivity index (χ0n) is 16.6. The summed E-state index contributed by atoms with van der Waals surface area (Å²) in [7, 11) is 0. The minimum Gasteiger partial charge on any atom is -0.486 e. The average Bonchev–Trinajstić information content (AvgIpc) is 2.71. The van der Waals surface area contributed by atoms with Crippen LogP contribution in [0.25, 0.3) is 0 Å². The fraction of sp³-hybridized carbons (Fsp3) is 0.227. The molecule has 29 heavy (non-hydrogen) atoms. The van der Waals surface area contributed by atoms with Crippen LogP contribution in [-0.2, 0) is 0 Å². The molecule has 7 heteroatoms. The normalized spacial score (nSPS) is 12.4. The topological polar surface area (TPSA) is 85.4 Å². The molecule has 1 aliphatic rings. The molecule has 0 saturated heterocycles. The Morgan fingerprint density at radius 1 is 0.966 bits per heavy atom. The van der Waals surface area contributed by atoms with Crippen molar-refractivity contribution in [1.82, 2.24) is 9.97 Å². The van der Waals surface area contributed by atoms with Crippen LogP contribution in [0.2, 0.25) is 0 Å². The Balaban J connectivity index is 1.52. The average molecular weight is 390 g/mol. The predicted octanol–water partition coefficient (Wildman–Crippen LogP) is 4.17. The first-order valence-electron chi connectivity index (χ1n) is 9.38. The molecule has 0 spiro atoms. The van der Waals surface area contributed by atoms with E-state index in [0.29, 0.717) is 36.3 Å². The Morgan fingerprint density at radius 3 is 2.45 bits per heavy atom. The van der Waals surface area contributed by atoms with Crippen LogP contribution in [-0.4, -0.2) is 29.1 Å². The molecule has 0 bridgehead atoms. The standard InChI is InChI=1S/C22H22N4O3/c1-13-10-14(2)20(15(3)11-13)26-22-23-7-6-17(25-22)21(27)24-16-4-5-18-19(12-16)29-9-8-28-18/h4-7,10-12H,8-9H2,1-3H3,(H,24,27)(H,23,25,26). The van der Waals surface area contributed by atoms with E-state index < -0.39 is 0 Å². The zero-order valence-corrected chi connectivity index (χ0v) is 16.6. The van der Waals surface area contributed by atoms with Gasteiger partial charge in [0.05, 0.1) is 0 Å². The van der Waals surface area contributed by atoms with Crippen LogP contribution >= 0.6 is 0 Å². The number of hydrogen-bond donors (Lipinski definition) is 2. The fourth-order valence-corrected chi connectivity index (χ4v) is 3.35. The summed E-state index contributed by atoms with van der Waals surface area (Å²) in [5, 5.41) is 6.07. The van der Waals surface area contributed by atoms with Crippen LogP contribution in [0.4, 0.5) is 17.3 Å². The minimum atomic E-state index is -0.329. The van der Waals surface area contributed by atoms with E-state index in [2.05, 4.69) is 39.7 Å². The number of ether oxygens (including phenoxy) is 2. The van der Waals surface area contributed by atoms with Gasteiger partial charge in [0.2, 0.25) is 5.95 Å². The summed E-state index contributed by atoms with van der Waals surface area (Å²) in [4.78, 5) is 21.3. The third-order valence-electron chi connectivity index (χ3n) is 4.60. The predicted molar refractivity (Wildman–Crippen MR) is 111 cm³/mol. The molecule has 2 aromatic carbocycles. The lowest BCUT2D eigenvalue weighted by molar-refractivity contribution is 0.102. The van der Waals surface area contributed by atoms with Gasteiger partial charge in [-0.2, -0.15) is 0 Å². The molecular weight excluding hydrogens is 368 g/mol. The van der Waals surface area contributed by atoms with Gasteiger partial charge in [-0.25, -0.2) is 9.97 Å². The van der Waals surface area contributed by atoms with Crippen LogP contribution in [0.3, 0.4) is 0 Å². The van der Waals surface area contributed by atoms with Gasteiger partial charge in [0.1, 0.15) is 18.9 Å². The lowest BCUT2D eigenvalue weighted by atomic mass is 10.1. The molecule has 1 aliphatic heterocycles. The van der Waals surface area contributed by atoms with E-state index in [1.165, 1.54) is 5.56 Å². The molecule has 0 unspecified atom stereocenters. The van der Waals surface area contributed by atoms with Gasteiger partial charge >= 0.3 is 0 Å². The van der Waals surface area contributed by atoms with E-state index in [0.717, 1.165) is 16.8 Å². The van der Waals surface area contributed by atoms with E-state index >= 15 is 0 Å². The van der Waals surface area contributed by atoms with E-state index in [1.807, 2.05) is 13.8 Å². The van der Waals surface area contributed by atoms with Crippen LogP contribution < -0.4 is 20.1 Å². The maximum Gasteiger partial charge on any atom is 0.274 e. The van der Waals surface area contributed by atoms with Gasteiger partial charge in [0.25, 0.3) is 5.91 Å². The summed E-state index contributed by atoms with van der Waals surface area (Å²) in [5.74, 6) is 1.33. The lowest BCUT2D eigenvalue weighted by Gasteiger charge is -2.19. The van der Waals surface area contributed by atoms with Crippen molar-refractivity contribution < 1.29 is 14.3 Å². The highest BCUT2D eigenvalue weighted by Crippen LogP contribution is 2.32. The Labute approximate surface area is 169 Å². The number of amides is 1. The summed E-state index contributed by atoms with van der Waals surface area (Å²) in [6.07, 6.45) is 1.56. The van der Waals surface area contributed by atoms with Crippen LogP contribution in [0.1, 0.15) is 27.2 Å². The number of anilines is 3. The van der Waals surface area contributed by atoms with Crippen molar-refractivity contribution >= 4 is 23.2 Å². The molecule has 4 rings (SSSR count). The third kappa shape index (κ3) is 4.13. The lowest BCUT2D eigenvalue weighted by Crippen LogP contribution is -2.17. The van der Waals surface area contributed by atoms with Gasteiger partial charge in [-0.3, -0.25) is 4.79 Å². The number of aryl methyl sites for hydroxylation is 3. The molecule has 0 atom stereocenters. The highest BCUT2D eigenvalue weighted by molar-refractivity contribution is 6.03. The first-order valence-corrected chi connectivity index (χ1v) is 9.38. The number of benzene rings is 2. The molecule has 148 valence electrons. The van der Waals surface area contributed by atoms with E-state index in [1.54, 1.807) is 30.5 Å². The second-order valence-corrected chi connectivity index (χ2v) is 6.98. The maximum atomic E-state index is 12.7. The molecule has 2 heterocycles. The Bertz CT molecular complexity index is 1060. The fourth-order valence-electron chi connectivity index (χ4n) is 3.35. The highest BCUT2D eigenvalue weighted by Gasteiger charge is 2.15. The number of nitrogens with one attached hydrogen (secondary N) is 2. The molecular formula is C22H22N4O3. The molecule has 1 amide bonds. The summed E-state index contributed by atoms with van der Waals surface area (Å²) in [6.45, 7) is 7.13. The number of aromatic nitrogens is 2. The molecule has 3 aromatic rings. The molecule has 0 fully saturated rings. The summed E-state index contributed by atoms with van der Waals surface area (Å²) < 4.78 is 11.1. The minimum absolute atomic E-state index is 0.264. The largest absolute Gasteiger partial charge is 0.486 e. The van der Waals surface area contributed by atoms with E-state index in [-0.39, 0.29) is 11.6 Å². The number of fused-ring (bicyclic) bond motifs is 1. The SMILES string of the molecule is Cc1cc(C)c(Nc2nccc(C(=O)Nc3ccc4c(c3)OCCO4)n2)c(C)c1. The Hall–Kier alpha value is -3.61. The van der Waals surface area contributed by atoms with Crippen LogP contribution in [0, 0.1) is 20.8 Å². The van der Waals surface area contributed by atoms with Crippen molar-refractivity contribution in [2.45, 2.75) is 20.8 Å². The van der Waals surface area contributed by atoms with Gasteiger partial charge in [-0.1, -0.05) is 17.7 Å². The summed E-state index contributed by atoms with van der Waals surface area (Å²) in [6, 6.07) is 11.0. The first-order chi connectivity index (χ1) is 14.0. The smallest absolute Gasteiger partial charge is 0.274 e. The number of carbonyl (C=O) groups excluding carboxylic acids is 1. The molecule has 0 radical (unpaired) electrons. The van der Waals surface area contributed by atoms with Gasteiger partial charge in [-0.15, -0.1) is 0 Å². The summed E-state index contributed by atoms with van der Waals surface area (Å²) in [5.41, 5.74) is 5.20. The number of hydrogen-bond acceptors (Lipinski definition) is 6. The van der Waals surface area contributed by atoms with Crippen molar-refractivity contribution in [3.8, 4) is 11.5 Å². The van der Waals surface area contributed by atoms with E-state index in [4.69, 9.17) is 9.47 Å². The van der Waals surface area contributed by atoms with Gasteiger partial charge in [0, 0.05) is 23.6 Å². The maximum absolute atomic E-state index is 12.7. The molecule has 0 aliphatic carbocycles. The van der Waals surface area contributed by atoms with Crippen molar-refractivity contribution in [3.63, 3.8) is 0 Å². The van der Waals surface area contributed by atoms with Gasteiger partial charge in [-0.05, 0) is 50.1 Å².